The van der Waals surface area contributed by atoms with Crippen LogP contribution in [-0.4, -0.2) is 49.5 Å². The summed E-state index contributed by atoms with van der Waals surface area (Å²) in [6, 6.07) is 5.23. The quantitative estimate of drug-likeness (QED) is 0.750. The molecular formula is C19H18F2N6O. The molecule has 144 valence electrons. The maximum atomic E-state index is 14.1. The lowest BCUT2D eigenvalue weighted by Gasteiger charge is -2.33. The van der Waals surface area contributed by atoms with E-state index in [2.05, 4.69) is 25.6 Å². The largest absolute Gasteiger partial charge is 0.337 e. The van der Waals surface area contributed by atoms with Crippen LogP contribution in [0.3, 0.4) is 0 Å². The minimum Gasteiger partial charge on any atom is -0.337 e. The fourth-order valence-corrected chi connectivity index (χ4v) is 3.60. The molecule has 1 aromatic carbocycles. The van der Waals surface area contributed by atoms with Crippen molar-refractivity contribution in [2.45, 2.75) is 25.7 Å². The first-order chi connectivity index (χ1) is 13.5. The second-order valence-electron chi connectivity index (χ2n) is 6.88. The van der Waals surface area contributed by atoms with Crippen LogP contribution in [0.15, 0.2) is 30.5 Å². The molecule has 7 nitrogen and oxygen atoms in total. The summed E-state index contributed by atoms with van der Waals surface area (Å²) in [6.07, 6.45) is 2.94. The van der Waals surface area contributed by atoms with Crippen molar-refractivity contribution in [3.63, 3.8) is 0 Å². The predicted molar refractivity (Wildman–Crippen MR) is 96.4 cm³/mol. The number of pyridine rings is 1. The van der Waals surface area contributed by atoms with Crippen molar-refractivity contribution in [3.05, 3.63) is 58.9 Å². The van der Waals surface area contributed by atoms with E-state index in [4.69, 9.17) is 0 Å². The molecule has 0 saturated carbocycles. The number of benzene rings is 1. The Morgan fingerprint density at radius 1 is 1.29 bits per heavy atom. The van der Waals surface area contributed by atoms with Crippen LogP contribution in [0.1, 0.15) is 40.4 Å². The van der Waals surface area contributed by atoms with Crippen molar-refractivity contribution >= 4 is 5.91 Å². The summed E-state index contributed by atoms with van der Waals surface area (Å²) >= 11 is 0. The third kappa shape index (κ3) is 3.47. The number of halogens is 2. The summed E-state index contributed by atoms with van der Waals surface area (Å²) in [5.41, 5.74) is 1.98. The molecule has 1 atom stereocenters. The number of aromatic amines is 1. The topological polar surface area (TPSA) is 87.7 Å². The Morgan fingerprint density at radius 3 is 2.89 bits per heavy atom. The maximum absolute atomic E-state index is 14.1. The zero-order valence-corrected chi connectivity index (χ0v) is 15.2. The van der Waals surface area contributed by atoms with Crippen LogP contribution in [0.4, 0.5) is 8.78 Å². The molecule has 3 heterocycles. The number of tetrazole rings is 1. The van der Waals surface area contributed by atoms with E-state index in [1.165, 1.54) is 12.3 Å². The highest BCUT2D eigenvalue weighted by Crippen LogP contribution is 2.30. The molecule has 9 heteroatoms. The minimum absolute atomic E-state index is 0.223. The van der Waals surface area contributed by atoms with Crippen LogP contribution in [0, 0.1) is 18.6 Å². The maximum Gasteiger partial charge on any atom is 0.272 e. The summed E-state index contributed by atoms with van der Waals surface area (Å²) in [4.78, 5) is 18.9. The smallest absolute Gasteiger partial charge is 0.272 e. The van der Waals surface area contributed by atoms with Crippen molar-refractivity contribution < 1.29 is 13.6 Å². The number of likely N-dealkylation sites (tertiary alicyclic amines) is 1. The number of aromatic nitrogens is 5. The summed E-state index contributed by atoms with van der Waals surface area (Å²) in [5, 5.41) is 13.7. The number of nitrogens with one attached hydrogen (secondary N) is 1. The third-order valence-electron chi connectivity index (χ3n) is 4.99. The van der Waals surface area contributed by atoms with E-state index in [-0.39, 0.29) is 11.8 Å². The normalized spacial score (nSPS) is 17.0. The lowest BCUT2D eigenvalue weighted by atomic mass is 9.90. The van der Waals surface area contributed by atoms with Gasteiger partial charge in [0.25, 0.3) is 5.91 Å². The van der Waals surface area contributed by atoms with E-state index in [0.717, 1.165) is 12.1 Å². The first kappa shape index (κ1) is 18.1. The standard InChI is InChI=1S/C19H18F2N6O/c1-11-7-13(18-23-25-26-24-18)9-22-17(11)19(28)27-6-2-3-12(10-27)15-8-14(20)4-5-16(15)21/h4-5,7-9,12H,2-3,6,10H2,1H3,(H,23,24,25,26). The fraction of sp³-hybridized carbons (Fsp3) is 0.316. The zero-order chi connectivity index (χ0) is 19.7. The van der Waals surface area contributed by atoms with Crippen molar-refractivity contribution in [2.24, 2.45) is 0 Å². The molecule has 0 bridgehead atoms. The molecule has 0 spiro atoms. The van der Waals surface area contributed by atoms with E-state index in [9.17, 15) is 13.6 Å². The number of hydrogen-bond acceptors (Lipinski definition) is 5. The molecule has 1 unspecified atom stereocenters. The molecular weight excluding hydrogens is 366 g/mol. The van der Waals surface area contributed by atoms with E-state index in [1.807, 2.05) is 0 Å². The number of piperidine rings is 1. The molecule has 28 heavy (non-hydrogen) atoms. The second kappa shape index (κ2) is 7.41. The lowest BCUT2D eigenvalue weighted by Crippen LogP contribution is -2.40. The Labute approximate surface area is 159 Å². The van der Waals surface area contributed by atoms with Gasteiger partial charge in [-0.2, -0.15) is 5.21 Å². The Morgan fingerprint density at radius 2 is 2.14 bits per heavy atom. The second-order valence-corrected chi connectivity index (χ2v) is 6.88. The lowest BCUT2D eigenvalue weighted by molar-refractivity contribution is 0.0699. The van der Waals surface area contributed by atoms with Gasteiger partial charge in [-0.15, -0.1) is 10.2 Å². The molecule has 1 amide bonds. The SMILES string of the molecule is Cc1cc(-c2nn[nH]n2)cnc1C(=O)N1CCCC(c2cc(F)ccc2F)C1. The van der Waals surface area contributed by atoms with Crippen LogP contribution in [0.5, 0.6) is 0 Å². The van der Waals surface area contributed by atoms with Gasteiger partial charge in [0.2, 0.25) is 5.82 Å². The van der Waals surface area contributed by atoms with Crippen molar-refractivity contribution in [3.8, 4) is 11.4 Å². The molecule has 1 fully saturated rings. The number of hydrogen-bond donors (Lipinski definition) is 1. The third-order valence-corrected chi connectivity index (χ3v) is 4.99. The fourth-order valence-electron chi connectivity index (χ4n) is 3.60. The van der Waals surface area contributed by atoms with Crippen LogP contribution in [-0.2, 0) is 0 Å². The summed E-state index contributed by atoms with van der Waals surface area (Å²) < 4.78 is 27.7. The van der Waals surface area contributed by atoms with Crippen molar-refractivity contribution in [1.82, 2.24) is 30.5 Å². The van der Waals surface area contributed by atoms with Crippen molar-refractivity contribution in [1.29, 1.82) is 0 Å². The van der Waals surface area contributed by atoms with Gasteiger partial charge in [0.1, 0.15) is 17.3 Å². The van der Waals surface area contributed by atoms with E-state index in [0.29, 0.717) is 54.1 Å². The van der Waals surface area contributed by atoms with Gasteiger partial charge in [0, 0.05) is 30.8 Å². The number of H-pyrrole nitrogens is 1. The molecule has 0 radical (unpaired) electrons. The summed E-state index contributed by atoms with van der Waals surface area (Å²) in [7, 11) is 0. The minimum atomic E-state index is -0.477. The van der Waals surface area contributed by atoms with Gasteiger partial charge in [0.15, 0.2) is 0 Å². The summed E-state index contributed by atoms with van der Waals surface area (Å²) in [6.45, 7) is 2.67. The molecule has 1 N–H and O–H groups in total. The Kier molecular flexibility index (Phi) is 4.81. The van der Waals surface area contributed by atoms with Crippen LogP contribution in [0.25, 0.3) is 11.4 Å². The van der Waals surface area contributed by atoms with Crippen molar-refractivity contribution in [2.75, 3.05) is 13.1 Å². The van der Waals surface area contributed by atoms with Gasteiger partial charge in [-0.05, 0) is 60.4 Å². The average Bonchev–Trinajstić information content (AvgIpc) is 3.24. The molecule has 2 aromatic heterocycles. The highest BCUT2D eigenvalue weighted by Gasteiger charge is 2.28. The molecule has 0 aliphatic carbocycles. The zero-order valence-electron chi connectivity index (χ0n) is 15.2. The van der Waals surface area contributed by atoms with Gasteiger partial charge < -0.3 is 4.90 Å². The molecule has 3 aromatic rings. The summed E-state index contributed by atoms with van der Waals surface area (Å²) in [5.74, 6) is -0.992. The van der Waals surface area contributed by atoms with E-state index in [1.54, 1.807) is 17.9 Å². The van der Waals surface area contributed by atoms with Gasteiger partial charge in [-0.3, -0.25) is 9.78 Å². The Hall–Kier alpha value is -3.23. The molecule has 4 rings (SSSR count). The number of carbonyl (C=O) groups excluding carboxylic acids is 1. The highest BCUT2D eigenvalue weighted by molar-refractivity contribution is 5.94. The van der Waals surface area contributed by atoms with Crippen LogP contribution in [0.2, 0.25) is 0 Å². The van der Waals surface area contributed by atoms with Gasteiger partial charge >= 0.3 is 0 Å². The van der Waals surface area contributed by atoms with Gasteiger partial charge in [0.05, 0.1) is 0 Å². The van der Waals surface area contributed by atoms with Gasteiger partial charge in [-0.1, -0.05) is 0 Å². The Bertz CT molecular complexity index is 1010. The highest BCUT2D eigenvalue weighted by atomic mass is 19.1. The van der Waals surface area contributed by atoms with Crippen LogP contribution >= 0.6 is 0 Å². The number of amides is 1. The molecule has 1 saturated heterocycles. The average molecular weight is 384 g/mol. The van der Waals surface area contributed by atoms with Gasteiger partial charge in [-0.25, -0.2) is 8.78 Å². The number of carbonyl (C=O) groups is 1. The predicted octanol–water partition coefficient (Wildman–Crippen LogP) is 2.87. The monoisotopic (exact) mass is 384 g/mol. The van der Waals surface area contributed by atoms with Crippen LogP contribution < -0.4 is 0 Å². The molecule has 1 aliphatic heterocycles. The molecule has 1 aliphatic rings. The number of nitrogens with zero attached hydrogens (tertiary/aromatic N) is 5. The van der Waals surface area contributed by atoms with E-state index < -0.39 is 11.6 Å². The Balaban J connectivity index is 1.55. The first-order valence-electron chi connectivity index (χ1n) is 8.97. The number of rotatable bonds is 3. The number of aryl methyl sites for hydroxylation is 1. The van der Waals surface area contributed by atoms with E-state index >= 15 is 0 Å². The first-order valence-corrected chi connectivity index (χ1v) is 8.97.